The highest BCUT2D eigenvalue weighted by atomic mass is 16.6. The van der Waals surface area contributed by atoms with Crippen LogP contribution in [0, 0.1) is 0 Å². The number of rotatable bonds is 2. The number of ether oxygens (including phenoxy) is 2. The van der Waals surface area contributed by atoms with Crippen molar-refractivity contribution < 1.29 is 14.3 Å². The van der Waals surface area contributed by atoms with E-state index in [0.717, 1.165) is 0 Å². The zero-order valence-corrected chi connectivity index (χ0v) is 8.31. The smallest absolute Gasteiger partial charge is 0.338 e. The number of hydrogen-bond acceptors (Lipinski definition) is 3. The average Bonchev–Trinajstić information content (AvgIpc) is 2.66. The predicted molar refractivity (Wildman–Crippen MR) is 55.4 cm³/mol. The maximum Gasteiger partial charge on any atom is 0.338 e. The molecule has 0 aliphatic carbocycles. The van der Waals surface area contributed by atoms with Gasteiger partial charge in [-0.3, -0.25) is 0 Å². The summed E-state index contributed by atoms with van der Waals surface area (Å²) in [7, 11) is 0. The van der Waals surface area contributed by atoms with Crippen molar-refractivity contribution in [1.82, 2.24) is 0 Å². The summed E-state index contributed by atoms with van der Waals surface area (Å²) in [6.45, 7) is 4.26. The van der Waals surface area contributed by atoms with Crippen LogP contribution in [0.2, 0.25) is 0 Å². The quantitative estimate of drug-likeness (QED) is 0.692. The van der Waals surface area contributed by atoms with Crippen LogP contribution in [0.3, 0.4) is 0 Å². The third-order valence-corrected chi connectivity index (χ3v) is 2.29. The molecule has 1 atom stereocenters. The van der Waals surface area contributed by atoms with Crippen LogP contribution in [0.25, 0.3) is 0 Å². The Morgan fingerprint density at radius 2 is 2.13 bits per heavy atom. The molecule has 0 aromatic heterocycles. The van der Waals surface area contributed by atoms with Crippen LogP contribution in [0.5, 0.6) is 0 Å². The summed E-state index contributed by atoms with van der Waals surface area (Å²) in [5.74, 6) is 0.214. The molecule has 1 heterocycles. The molecule has 1 aliphatic heterocycles. The Labute approximate surface area is 88.3 Å². The van der Waals surface area contributed by atoms with Gasteiger partial charge in [-0.2, -0.15) is 0 Å². The van der Waals surface area contributed by atoms with E-state index < -0.39 is 0 Å². The zero-order valence-electron chi connectivity index (χ0n) is 8.31. The summed E-state index contributed by atoms with van der Waals surface area (Å²) in [6.07, 6.45) is 0.398. The molecular formula is C12H12O3. The molecule has 0 amide bonds. The lowest BCUT2D eigenvalue weighted by Crippen LogP contribution is -2.16. The van der Waals surface area contributed by atoms with Crippen LogP contribution in [0.1, 0.15) is 16.8 Å². The largest absolute Gasteiger partial charge is 0.494 e. The van der Waals surface area contributed by atoms with Crippen LogP contribution in [0.4, 0.5) is 0 Å². The summed E-state index contributed by atoms with van der Waals surface area (Å²) in [5, 5.41) is 0. The van der Waals surface area contributed by atoms with Crippen LogP contribution in [-0.4, -0.2) is 18.7 Å². The topological polar surface area (TPSA) is 35.5 Å². The van der Waals surface area contributed by atoms with E-state index in [2.05, 4.69) is 6.58 Å². The minimum atomic E-state index is -0.327. The van der Waals surface area contributed by atoms with Gasteiger partial charge in [0.1, 0.15) is 5.76 Å². The van der Waals surface area contributed by atoms with E-state index in [4.69, 9.17) is 9.47 Å². The number of carbonyl (C=O) groups is 1. The molecule has 0 bridgehead atoms. The monoisotopic (exact) mass is 204 g/mol. The molecule has 1 saturated heterocycles. The van der Waals surface area contributed by atoms with E-state index in [1.165, 1.54) is 0 Å². The van der Waals surface area contributed by atoms with E-state index in [1.807, 2.05) is 6.07 Å². The van der Waals surface area contributed by atoms with Crippen molar-refractivity contribution in [3.8, 4) is 0 Å². The number of carbonyl (C=O) groups excluding carboxylic acids is 1. The van der Waals surface area contributed by atoms with E-state index in [9.17, 15) is 4.79 Å². The zero-order chi connectivity index (χ0) is 10.7. The first-order valence-electron chi connectivity index (χ1n) is 4.85. The maximum absolute atomic E-state index is 11.6. The fourth-order valence-corrected chi connectivity index (χ4v) is 1.45. The lowest BCUT2D eigenvalue weighted by molar-refractivity contribution is 0.0368. The van der Waals surface area contributed by atoms with Gasteiger partial charge in [0.15, 0.2) is 6.10 Å². The van der Waals surface area contributed by atoms with Gasteiger partial charge >= 0.3 is 5.97 Å². The minimum absolute atomic E-state index is 0.294. The SMILES string of the molecule is C=C1OCCC1OC(=O)c1ccccc1. The second kappa shape index (κ2) is 4.17. The van der Waals surface area contributed by atoms with Crippen molar-refractivity contribution in [2.75, 3.05) is 6.61 Å². The third kappa shape index (κ3) is 2.18. The molecule has 3 heteroatoms. The minimum Gasteiger partial charge on any atom is -0.494 e. The van der Waals surface area contributed by atoms with Crippen molar-refractivity contribution in [3.63, 3.8) is 0 Å². The van der Waals surface area contributed by atoms with Crippen molar-refractivity contribution in [2.45, 2.75) is 12.5 Å². The molecule has 1 fully saturated rings. The lowest BCUT2D eigenvalue weighted by Gasteiger charge is -2.10. The second-order valence-electron chi connectivity index (χ2n) is 3.36. The summed E-state index contributed by atoms with van der Waals surface area (Å²) >= 11 is 0. The molecule has 1 aliphatic rings. The highest BCUT2D eigenvalue weighted by Gasteiger charge is 2.25. The van der Waals surface area contributed by atoms with Crippen LogP contribution in [-0.2, 0) is 9.47 Å². The van der Waals surface area contributed by atoms with Gasteiger partial charge in [-0.1, -0.05) is 24.8 Å². The molecule has 15 heavy (non-hydrogen) atoms. The Hall–Kier alpha value is -1.77. The number of esters is 1. The molecule has 0 radical (unpaired) electrons. The summed E-state index contributed by atoms with van der Waals surface area (Å²) < 4.78 is 10.4. The highest BCUT2D eigenvalue weighted by Crippen LogP contribution is 2.20. The van der Waals surface area contributed by atoms with Gasteiger partial charge in [0.25, 0.3) is 0 Å². The van der Waals surface area contributed by atoms with E-state index in [1.54, 1.807) is 24.3 Å². The lowest BCUT2D eigenvalue weighted by atomic mass is 10.2. The second-order valence-corrected chi connectivity index (χ2v) is 3.36. The number of benzene rings is 1. The van der Waals surface area contributed by atoms with E-state index >= 15 is 0 Å². The molecule has 78 valence electrons. The van der Waals surface area contributed by atoms with Gasteiger partial charge < -0.3 is 9.47 Å². The van der Waals surface area contributed by atoms with Crippen LogP contribution >= 0.6 is 0 Å². The van der Waals surface area contributed by atoms with Gasteiger partial charge in [-0.15, -0.1) is 0 Å². The van der Waals surface area contributed by atoms with Gasteiger partial charge in [0.05, 0.1) is 12.2 Å². The van der Waals surface area contributed by atoms with E-state index in [-0.39, 0.29) is 12.1 Å². The Morgan fingerprint density at radius 1 is 1.40 bits per heavy atom. The van der Waals surface area contributed by atoms with Crippen molar-refractivity contribution in [2.24, 2.45) is 0 Å². The Balaban J connectivity index is 2.01. The molecular weight excluding hydrogens is 192 g/mol. The molecule has 0 spiro atoms. The van der Waals surface area contributed by atoms with Gasteiger partial charge in [0, 0.05) is 6.42 Å². The number of hydrogen-bond donors (Lipinski definition) is 0. The van der Waals surface area contributed by atoms with Gasteiger partial charge in [-0.25, -0.2) is 4.79 Å². The van der Waals surface area contributed by atoms with Crippen molar-refractivity contribution >= 4 is 5.97 Å². The first-order chi connectivity index (χ1) is 7.27. The Morgan fingerprint density at radius 3 is 2.73 bits per heavy atom. The molecule has 3 nitrogen and oxygen atoms in total. The fraction of sp³-hybridized carbons (Fsp3) is 0.250. The van der Waals surface area contributed by atoms with Crippen LogP contribution < -0.4 is 0 Å². The Bertz CT molecular complexity index is 370. The normalized spacial score (nSPS) is 19.7. The molecule has 0 saturated carbocycles. The molecule has 1 aromatic carbocycles. The third-order valence-electron chi connectivity index (χ3n) is 2.29. The van der Waals surface area contributed by atoms with Gasteiger partial charge in [0.2, 0.25) is 0 Å². The van der Waals surface area contributed by atoms with Crippen molar-refractivity contribution in [1.29, 1.82) is 0 Å². The van der Waals surface area contributed by atoms with Gasteiger partial charge in [-0.05, 0) is 12.1 Å². The fourth-order valence-electron chi connectivity index (χ4n) is 1.45. The standard InChI is InChI=1S/C12H12O3/c1-9-11(7-8-14-9)15-12(13)10-5-3-2-4-6-10/h2-6,11H,1,7-8H2. The summed E-state index contributed by atoms with van der Waals surface area (Å²) in [4.78, 5) is 11.6. The molecule has 0 N–H and O–H groups in total. The van der Waals surface area contributed by atoms with E-state index in [0.29, 0.717) is 24.4 Å². The maximum atomic E-state index is 11.6. The Kier molecular flexibility index (Phi) is 2.72. The van der Waals surface area contributed by atoms with Crippen LogP contribution in [0.15, 0.2) is 42.7 Å². The summed E-state index contributed by atoms with van der Waals surface area (Å²) in [6, 6.07) is 8.91. The first kappa shape index (κ1) is 9.77. The molecule has 1 aromatic rings. The predicted octanol–water partition coefficient (Wildman–Crippen LogP) is 2.15. The highest BCUT2D eigenvalue weighted by molar-refractivity contribution is 5.89. The average molecular weight is 204 g/mol. The van der Waals surface area contributed by atoms with Crippen molar-refractivity contribution in [3.05, 3.63) is 48.2 Å². The first-order valence-corrected chi connectivity index (χ1v) is 4.85. The molecule has 1 unspecified atom stereocenters. The molecule has 2 rings (SSSR count). The summed E-state index contributed by atoms with van der Waals surface area (Å²) in [5.41, 5.74) is 0.553.